The number of rotatable bonds is 8. The smallest absolute Gasteiger partial charge is 0.256 e. The molecule has 1 N–H and O–H groups in total. The lowest BCUT2D eigenvalue weighted by atomic mass is 10.1. The van der Waals surface area contributed by atoms with Gasteiger partial charge in [-0.15, -0.1) is 0 Å². The van der Waals surface area contributed by atoms with Crippen molar-refractivity contribution < 1.29 is 9.53 Å². The molecule has 2 aromatic carbocycles. The number of nitrogens with zero attached hydrogens (tertiary/aromatic N) is 2. The standard InChI is InChI=1S/C27H26ClN3O2/c1-18(28)17-33-23-11-9-21(10-12-23)15-31(16-22-6-5-13-29-14-22)27(32)25-8-4-7-24-19(2)20(3)30-26(24)25/h4-14,30H,1,15-17H2,2-3H3. The topological polar surface area (TPSA) is 58.2 Å². The summed E-state index contributed by atoms with van der Waals surface area (Å²) < 4.78 is 5.58. The molecule has 4 aromatic rings. The van der Waals surface area contributed by atoms with E-state index in [1.54, 1.807) is 12.4 Å². The molecule has 2 heterocycles. The molecule has 0 aliphatic heterocycles. The number of halogens is 1. The van der Waals surface area contributed by atoms with Crippen LogP contribution in [0.3, 0.4) is 0 Å². The molecule has 5 nitrogen and oxygen atoms in total. The van der Waals surface area contributed by atoms with Crippen molar-refractivity contribution in [2.24, 2.45) is 0 Å². The van der Waals surface area contributed by atoms with E-state index in [4.69, 9.17) is 16.3 Å². The second kappa shape index (κ2) is 9.92. The summed E-state index contributed by atoms with van der Waals surface area (Å²) in [5, 5.41) is 1.51. The van der Waals surface area contributed by atoms with Gasteiger partial charge in [0.15, 0.2) is 0 Å². The molecule has 0 radical (unpaired) electrons. The number of amides is 1. The minimum absolute atomic E-state index is 0.0375. The molecule has 2 aromatic heterocycles. The van der Waals surface area contributed by atoms with E-state index >= 15 is 0 Å². The highest BCUT2D eigenvalue weighted by molar-refractivity contribution is 6.29. The Morgan fingerprint density at radius 1 is 1.06 bits per heavy atom. The lowest BCUT2D eigenvalue weighted by Gasteiger charge is -2.23. The van der Waals surface area contributed by atoms with Crippen LogP contribution in [-0.4, -0.2) is 27.4 Å². The third-order valence-electron chi connectivity index (χ3n) is 5.65. The SMILES string of the molecule is C=C(Cl)COc1ccc(CN(Cc2cccnc2)C(=O)c2cccc3c(C)c(C)[nH]c23)cc1. The summed E-state index contributed by atoms with van der Waals surface area (Å²) in [6.07, 6.45) is 3.52. The van der Waals surface area contributed by atoms with Gasteiger partial charge in [-0.3, -0.25) is 9.78 Å². The number of pyridine rings is 1. The Balaban J connectivity index is 1.63. The fourth-order valence-corrected chi connectivity index (χ4v) is 3.87. The average molecular weight is 460 g/mol. The lowest BCUT2D eigenvalue weighted by molar-refractivity contribution is 0.0731. The highest BCUT2D eigenvalue weighted by Gasteiger charge is 2.21. The van der Waals surface area contributed by atoms with Crippen LogP contribution in [0, 0.1) is 13.8 Å². The van der Waals surface area contributed by atoms with Crippen molar-refractivity contribution >= 4 is 28.4 Å². The van der Waals surface area contributed by atoms with Crippen LogP contribution in [0.25, 0.3) is 10.9 Å². The number of aromatic amines is 1. The van der Waals surface area contributed by atoms with Crippen LogP contribution in [0.4, 0.5) is 0 Å². The van der Waals surface area contributed by atoms with Crippen molar-refractivity contribution in [3.8, 4) is 5.75 Å². The van der Waals surface area contributed by atoms with E-state index in [-0.39, 0.29) is 12.5 Å². The molecule has 0 saturated carbocycles. The Morgan fingerprint density at radius 3 is 2.52 bits per heavy atom. The van der Waals surface area contributed by atoms with Crippen LogP contribution in [0.1, 0.15) is 32.7 Å². The van der Waals surface area contributed by atoms with Gasteiger partial charge in [0.2, 0.25) is 0 Å². The molecule has 0 saturated heterocycles. The number of para-hydroxylation sites is 1. The fraction of sp³-hybridized carbons (Fsp3) is 0.185. The van der Waals surface area contributed by atoms with Crippen molar-refractivity contribution in [3.63, 3.8) is 0 Å². The number of aryl methyl sites for hydroxylation is 2. The van der Waals surface area contributed by atoms with Crippen molar-refractivity contribution in [1.82, 2.24) is 14.9 Å². The van der Waals surface area contributed by atoms with Gasteiger partial charge < -0.3 is 14.6 Å². The summed E-state index contributed by atoms with van der Waals surface area (Å²) in [5.74, 6) is 0.664. The van der Waals surface area contributed by atoms with Crippen molar-refractivity contribution in [1.29, 1.82) is 0 Å². The van der Waals surface area contributed by atoms with Gasteiger partial charge in [0.1, 0.15) is 12.4 Å². The highest BCUT2D eigenvalue weighted by Crippen LogP contribution is 2.26. The van der Waals surface area contributed by atoms with E-state index < -0.39 is 0 Å². The summed E-state index contributed by atoms with van der Waals surface area (Å²) in [6.45, 7) is 8.88. The molecule has 168 valence electrons. The van der Waals surface area contributed by atoms with Gasteiger partial charge in [0, 0.05) is 41.6 Å². The Bertz CT molecular complexity index is 1280. The largest absolute Gasteiger partial charge is 0.488 e. The number of hydrogen-bond donors (Lipinski definition) is 1. The number of carbonyl (C=O) groups excluding carboxylic acids is 1. The first kappa shape index (κ1) is 22.6. The number of fused-ring (bicyclic) bond motifs is 1. The normalized spacial score (nSPS) is 10.9. The zero-order chi connectivity index (χ0) is 23.4. The minimum atomic E-state index is -0.0375. The maximum Gasteiger partial charge on any atom is 0.256 e. The molecular formula is C27H26ClN3O2. The van der Waals surface area contributed by atoms with E-state index in [1.165, 1.54) is 0 Å². The molecule has 4 rings (SSSR count). The van der Waals surface area contributed by atoms with Crippen molar-refractivity contribution in [2.75, 3.05) is 6.61 Å². The molecule has 0 fully saturated rings. The maximum atomic E-state index is 13.8. The molecule has 33 heavy (non-hydrogen) atoms. The van der Waals surface area contributed by atoms with Crippen LogP contribution >= 0.6 is 11.6 Å². The second-order valence-electron chi connectivity index (χ2n) is 8.08. The Morgan fingerprint density at radius 2 is 1.82 bits per heavy atom. The number of H-pyrrole nitrogens is 1. The van der Waals surface area contributed by atoms with Gasteiger partial charge in [-0.05, 0) is 54.8 Å². The van der Waals surface area contributed by atoms with Gasteiger partial charge in [-0.25, -0.2) is 0 Å². The van der Waals surface area contributed by atoms with E-state index in [0.29, 0.717) is 29.4 Å². The number of hydrogen-bond acceptors (Lipinski definition) is 3. The molecule has 6 heteroatoms. The van der Waals surface area contributed by atoms with Crippen LogP contribution in [0.5, 0.6) is 5.75 Å². The first-order valence-electron chi connectivity index (χ1n) is 10.7. The van der Waals surface area contributed by atoms with Crippen molar-refractivity contribution in [3.05, 3.63) is 107 Å². The minimum Gasteiger partial charge on any atom is -0.488 e. The predicted octanol–water partition coefficient (Wildman–Crippen LogP) is 6.15. The average Bonchev–Trinajstić information content (AvgIpc) is 3.12. The third-order valence-corrected chi connectivity index (χ3v) is 5.76. The van der Waals surface area contributed by atoms with Crippen molar-refractivity contribution in [2.45, 2.75) is 26.9 Å². The van der Waals surface area contributed by atoms with E-state index in [0.717, 1.165) is 33.3 Å². The fourth-order valence-electron chi connectivity index (χ4n) is 3.82. The van der Waals surface area contributed by atoms with Crippen LogP contribution in [0.2, 0.25) is 0 Å². The number of ether oxygens (including phenoxy) is 1. The zero-order valence-electron chi connectivity index (χ0n) is 18.8. The number of carbonyl (C=O) groups is 1. The Labute approximate surface area is 198 Å². The number of benzene rings is 2. The summed E-state index contributed by atoms with van der Waals surface area (Å²) in [7, 11) is 0. The molecule has 0 unspecified atom stereocenters. The summed E-state index contributed by atoms with van der Waals surface area (Å²) in [5.41, 5.74) is 5.73. The quantitative estimate of drug-likeness (QED) is 0.343. The van der Waals surface area contributed by atoms with Crippen LogP contribution < -0.4 is 4.74 Å². The van der Waals surface area contributed by atoms with Gasteiger partial charge in [-0.2, -0.15) is 0 Å². The van der Waals surface area contributed by atoms with E-state index in [1.807, 2.05) is 66.4 Å². The molecule has 0 aliphatic carbocycles. The van der Waals surface area contributed by atoms with E-state index in [2.05, 4.69) is 23.5 Å². The molecule has 0 spiro atoms. The molecule has 0 bridgehead atoms. The Hall–Kier alpha value is -3.57. The lowest BCUT2D eigenvalue weighted by Crippen LogP contribution is -2.30. The second-order valence-corrected chi connectivity index (χ2v) is 8.61. The highest BCUT2D eigenvalue weighted by atomic mass is 35.5. The van der Waals surface area contributed by atoms with Gasteiger partial charge in [0.25, 0.3) is 5.91 Å². The monoisotopic (exact) mass is 459 g/mol. The van der Waals surface area contributed by atoms with Gasteiger partial charge in [-0.1, -0.05) is 48.5 Å². The molecular weight excluding hydrogens is 434 g/mol. The third kappa shape index (κ3) is 5.26. The van der Waals surface area contributed by atoms with E-state index in [9.17, 15) is 4.79 Å². The maximum absolute atomic E-state index is 13.8. The number of aromatic nitrogens is 2. The van der Waals surface area contributed by atoms with Crippen LogP contribution in [0.15, 0.2) is 78.6 Å². The molecule has 0 aliphatic rings. The zero-order valence-corrected chi connectivity index (χ0v) is 19.5. The Kier molecular flexibility index (Phi) is 6.80. The van der Waals surface area contributed by atoms with Gasteiger partial charge in [0.05, 0.1) is 11.1 Å². The van der Waals surface area contributed by atoms with Gasteiger partial charge >= 0.3 is 0 Å². The first-order valence-corrected chi connectivity index (χ1v) is 11.1. The number of nitrogens with one attached hydrogen (secondary N) is 1. The summed E-state index contributed by atoms with van der Waals surface area (Å²) in [4.78, 5) is 23.2. The van der Waals surface area contributed by atoms with Crippen LogP contribution in [-0.2, 0) is 13.1 Å². The first-order chi connectivity index (χ1) is 15.9. The molecule has 0 atom stereocenters. The molecule has 1 amide bonds. The summed E-state index contributed by atoms with van der Waals surface area (Å²) in [6, 6.07) is 17.4. The predicted molar refractivity (Wildman–Crippen MR) is 133 cm³/mol. The summed E-state index contributed by atoms with van der Waals surface area (Å²) >= 11 is 5.78.